The second-order valence-corrected chi connectivity index (χ2v) is 7.86. The highest BCUT2D eigenvalue weighted by atomic mass is 32.1. The first kappa shape index (κ1) is 19.8. The molecule has 2 amide bonds. The lowest BCUT2D eigenvalue weighted by Crippen LogP contribution is -2.29. The number of hydrogen-bond acceptors (Lipinski definition) is 4. The molecule has 2 N–H and O–H groups in total. The summed E-state index contributed by atoms with van der Waals surface area (Å²) in [7, 11) is 0. The number of para-hydroxylation sites is 2. The normalized spacial score (nSPS) is 10.8. The minimum absolute atomic E-state index is 0.0684. The predicted molar refractivity (Wildman–Crippen MR) is 118 cm³/mol. The van der Waals surface area contributed by atoms with Crippen molar-refractivity contribution < 1.29 is 9.59 Å². The molecule has 0 saturated heterocycles. The molecule has 30 heavy (non-hydrogen) atoms. The van der Waals surface area contributed by atoms with Gasteiger partial charge in [-0.25, -0.2) is 4.98 Å². The van der Waals surface area contributed by atoms with Gasteiger partial charge in [-0.3, -0.25) is 9.59 Å². The first-order valence-corrected chi connectivity index (χ1v) is 10.6. The fraction of sp³-hybridized carbons (Fsp3) is 0.174. The molecule has 0 bridgehead atoms. The number of nitrogens with zero attached hydrogens (tertiary/aromatic N) is 2. The summed E-state index contributed by atoms with van der Waals surface area (Å²) in [6.45, 7) is 1.15. The smallest absolute Gasteiger partial charge is 0.251 e. The summed E-state index contributed by atoms with van der Waals surface area (Å²) in [5, 5.41) is 7.88. The molecule has 0 unspecified atom stereocenters. The molecule has 6 nitrogen and oxygen atoms in total. The number of thiophene rings is 1. The SMILES string of the molecule is O=C(Cn1c(CCNC(=O)c2ccccc2)nc2ccccc21)NCc1cccs1. The maximum atomic E-state index is 12.5. The Morgan fingerprint density at radius 1 is 0.933 bits per heavy atom. The number of fused-ring (bicyclic) bond motifs is 1. The number of carbonyl (C=O) groups is 2. The van der Waals surface area contributed by atoms with Crippen molar-refractivity contribution in [1.29, 1.82) is 0 Å². The zero-order valence-electron chi connectivity index (χ0n) is 16.4. The van der Waals surface area contributed by atoms with E-state index in [1.807, 2.05) is 64.5 Å². The van der Waals surface area contributed by atoms with E-state index in [4.69, 9.17) is 0 Å². The summed E-state index contributed by atoms with van der Waals surface area (Å²) in [6, 6.07) is 20.8. The standard InChI is InChI=1S/C23H22N4O2S/c28-22(25-15-18-9-6-14-30-18)16-27-20-11-5-4-10-19(20)26-21(27)12-13-24-23(29)17-7-2-1-3-8-17/h1-11,14H,12-13,15-16H2,(H,24,29)(H,25,28). The first-order valence-electron chi connectivity index (χ1n) is 9.77. The van der Waals surface area contributed by atoms with Gasteiger partial charge in [0.2, 0.25) is 5.91 Å². The van der Waals surface area contributed by atoms with E-state index in [2.05, 4.69) is 15.6 Å². The van der Waals surface area contributed by atoms with Crippen molar-refractivity contribution in [3.8, 4) is 0 Å². The van der Waals surface area contributed by atoms with Crippen LogP contribution in [0.15, 0.2) is 72.1 Å². The molecular weight excluding hydrogens is 396 g/mol. The van der Waals surface area contributed by atoms with Crippen molar-refractivity contribution in [1.82, 2.24) is 20.2 Å². The fourth-order valence-corrected chi connectivity index (χ4v) is 3.92. The van der Waals surface area contributed by atoms with E-state index in [9.17, 15) is 9.59 Å². The molecule has 0 aliphatic rings. The highest BCUT2D eigenvalue weighted by molar-refractivity contribution is 7.09. The van der Waals surface area contributed by atoms with Crippen LogP contribution in [0, 0.1) is 0 Å². The Bertz CT molecular complexity index is 1140. The average Bonchev–Trinajstić information content (AvgIpc) is 3.41. The van der Waals surface area contributed by atoms with Gasteiger partial charge in [-0.2, -0.15) is 0 Å². The molecule has 0 saturated carbocycles. The van der Waals surface area contributed by atoms with Crippen LogP contribution in [-0.2, 0) is 24.3 Å². The number of hydrogen-bond donors (Lipinski definition) is 2. The molecule has 0 aliphatic heterocycles. The Morgan fingerprint density at radius 3 is 2.53 bits per heavy atom. The third-order valence-electron chi connectivity index (χ3n) is 4.75. The second kappa shape index (κ2) is 9.37. The zero-order chi connectivity index (χ0) is 20.8. The summed E-state index contributed by atoms with van der Waals surface area (Å²) in [6.07, 6.45) is 0.533. The molecule has 0 fully saturated rings. The molecule has 4 aromatic rings. The molecule has 2 heterocycles. The molecule has 0 spiro atoms. The van der Waals surface area contributed by atoms with Crippen LogP contribution in [0.3, 0.4) is 0 Å². The summed E-state index contributed by atoms with van der Waals surface area (Å²) in [4.78, 5) is 30.6. The Morgan fingerprint density at radius 2 is 1.73 bits per heavy atom. The van der Waals surface area contributed by atoms with Crippen LogP contribution < -0.4 is 10.6 Å². The number of benzene rings is 2. The Labute approximate surface area is 178 Å². The fourth-order valence-electron chi connectivity index (χ4n) is 3.27. The average molecular weight is 419 g/mol. The number of rotatable bonds is 8. The van der Waals surface area contributed by atoms with E-state index in [1.165, 1.54) is 0 Å². The molecule has 0 atom stereocenters. The second-order valence-electron chi connectivity index (χ2n) is 6.83. The van der Waals surface area contributed by atoms with Gasteiger partial charge in [0.05, 0.1) is 17.6 Å². The monoisotopic (exact) mass is 418 g/mol. The van der Waals surface area contributed by atoms with Gasteiger partial charge in [0.15, 0.2) is 0 Å². The van der Waals surface area contributed by atoms with E-state index in [1.54, 1.807) is 23.5 Å². The number of amides is 2. The lowest BCUT2D eigenvalue weighted by atomic mass is 10.2. The minimum Gasteiger partial charge on any atom is -0.352 e. The van der Waals surface area contributed by atoms with Crippen LogP contribution in [0.5, 0.6) is 0 Å². The van der Waals surface area contributed by atoms with E-state index < -0.39 is 0 Å². The highest BCUT2D eigenvalue weighted by Crippen LogP contribution is 2.16. The van der Waals surface area contributed by atoms with Crippen molar-refractivity contribution in [2.24, 2.45) is 0 Å². The van der Waals surface area contributed by atoms with Gasteiger partial charge in [0, 0.05) is 23.4 Å². The van der Waals surface area contributed by atoms with E-state index in [0.29, 0.717) is 25.1 Å². The van der Waals surface area contributed by atoms with Crippen molar-refractivity contribution in [3.63, 3.8) is 0 Å². The van der Waals surface area contributed by atoms with Crippen LogP contribution in [0.2, 0.25) is 0 Å². The molecule has 0 aliphatic carbocycles. The van der Waals surface area contributed by atoms with Gasteiger partial charge >= 0.3 is 0 Å². The number of imidazole rings is 1. The molecule has 152 valence electrons. The molecule has 0 radical (unpaired) electrons. The van der Waals surface area contributed by atoms with Gasteiger partial charge in [-0.1, -0.05) is 36.4 Å². The summed E-state index contributed by atoms with van der Waals surface area (Å²) >= 11 is 1.62. The number of nitrogens with one attached hydrogen (secondary N) is 2. The Kier molecular flexibility index (Phi) is 6.20. The Hall–Kier alpha value is -3.45. The van der Waals surface area contributed by atoms with E-state index in [-0.39, 0.29) is 18.4 Å². The topological polar surface area (TPSA) is 76.0 Å². The number of aromatic nitrogens is 2. The van der Waals surface area contributed by atoms with Gasteiger partial charge in [-0.15, -0.1) is 11.3 Å². The van der Waals surface area contributed by atoms with Gasteiger partial charge in [0.25, 0.3) is 5.91 Å². The lowest BCUT2D eigenvalue weighted by Gasteiger charge is -2.10. The third kappa shape index (κ3) is 4.75. The first-order chi connectivity index (χ1) is 14.7. The van der Waals surface area contributed by atoms with Crippen molar-refractivity contribution in [2.75, 3.05) is 6.54 Å². The summed E-state index contributed by atoms with van der Waals surface area (Å²) < 4.78 is 1.92. The van der Waals surface area contributed by atoms with Gasteiger partial charge < -0.3 is 15.2 Å². The quantitative estimate of drug-likeness (QED) is 0.461. The van der Waals surface area contributed by atoms with E-state index in [0.717, 1.165) is 21.7 Å². The van der Waals surface area contributed by atoms with Crippen LogP contribution in [0.4, 0.5) is 0 Å². The highest BCUT2D eigenvalue weighted by Gasteiger charge is 2.14. The Balaban J connectivity index is 1.43. The van der Waals surface area contributed by atoms with Crippen LogP contribution in [0.25, 0.3) is 11.0 Å². The predicted octanol–water partition coefficient (Wildman–Crippen LogP) is 3.39. The minimum atomic E-state index is -0.119. The van der Waals surface area contributed by atoms with Crippen LogP contribution in [0.1, 0.15) is 21.1 Å². The summed E-state index contributed by atoms with van der Waals surface area (Å²) in [5.74, 6) is 0.587. The maximum Gasteiger partial charge on any atom is 0.251 e. The van der Waals surface area contributed by atoms with Crippen LogP contribution >= 0.6 is 11.3 Å². The van der Waals surface area contributed by atoms with Crippen molar-refractivity contribution in [3.05, 3.63) is 88.4 Å². The van der Waals surface area contributed by atoms with Gasteiger partial charge in [-0.05, 0) is 35.7 Å². The van der Waals surface area contributed by atoms with E-state index >= 15 is 0 Å². The molecular formula is C23H22N4O2S. The third-order valence-corrected chi connectivity index (χ3v) is 5.62. The molecule has 2 aromatic heterocycles. The molecule has 4 rings (SSSR count). The number of carbonyl (C=O) groups excluding carboxylic acids is 2. The molecule has 2 aromatic carbocycles. The van der Waals surface area contributed by atoms with Crippen molar-refractivity contribution in [2.45, 2.75) is 19.5 Å². The maximum absolute atomic E-state index is 12.5. The lowest BCUT2D eigenvalue weighted by molar-refractivity contribution is -0.121. The zero-order valence-corrected chi connectivity index (χ0v) is 17.2. The van der Waals surface area contributed by atoms with Crippen molar-refractivity contribution >= 4 is 34.2 Å². The molecule has 7 heteroatoms. The van der Waals surface area contributed by atoms with Crippen LogP contribution in [-0.4, -0.2) is 27.9 Å². The largest absolute Gasteiger partial charge is 0.352 e. The van der Waals surface area contributed by atoms with Gasteiger partial charge in [0.1, 0.15) is 12.4 Å². The summed E-state index contributed by atoms with van der Waals surface area (Å²) in [5.41, 5.74) is 2.38.